The third kappa shape index (κ3) is 4.75. The Morgan fingerprint density at radius 2 is 1.92 bits per heavy atom. The molecule has 1 fully saturated rings. The number of amides is 1. The van der Waals surface area contributed by atoms with E-state index in [0.717, 1.165) is 25.1 Å². The lowest BCUT2D eigenvalue weighted by atomic mass is 10.2. The maximum Gasteiger partial charge on any atom is 0.417 e. The van der Waals surface area contributed by atoms with Gasteiger partial charge in [0.2, 0.25) is 5.91 Å². The van der Waals surface area contributed by atoms with Gasteiger partial charge in [0.05, 0.1) is 5.56 Å². The molecule has 0 saturated carbocycles. The predicted octanol–water partition coefficient (Wildman–Crippen LogP) is 3.83. The van der Waals surface area contributed by atoms with E-state index in [4.69, 9.17) is 0 Å². The highest BCUT2D eigenvalue weighted by Crippen LogP contribution is 2.29. The second kappa shape index (κ2) is 8.07. The zero-order chi connectivity index (χ0) is 18.6. The van der Waals surface area contributed by atoms with Crippen molar-refractivity contribution in [1.29, 1.82) is 0 Å². The van der Waals surface area contributed by atoms with E-state index in [2.05, 4.69) is 11.1 Å². The second-order valence-corrected chi connectivity index (χ2v) is 7.24. The number of thiophene rings is 1. The maximum atomic E-state index is 12.6. The molecule has 8 heteroatoms. The number of hydrogen-bond acceptors (Lipinski definition) is 4. The topological polar surface area (TPSA) is 36.4 Å². The number of aryl methyl sites for hydroxylation is 1. The maximum absolute atomic E-state index is 12.6. The van der Waals surface area contributed by atoms with Crippen LogP contribution >= 0.6 is 11.3 Å². The van der Waals surface area contributed by atoms with Gasteiger partial charge in [-0.05, 0) is 36.4 Å². The molecule has 4 nitrogen and oxygen atoms in total. The van der Waals surface area contributed by atoms with Crippen molar-refractivity contribution < 1.29 is 18.0 Å². The number of anilines is 1. The van der Waals surface area contributed by atoms with Crippen molar-refractivity contribution in [2.75, 3.05) is 31.1 Å². The summed E-state index contributed by atoms with van der Waals surface area (Å²) in [5, 5.41) is 2.03. The van der Waals surface area contributed by atoms with Crippen LogP contribution in [0.15, 0.2) is 35.8 Å². The highest BCUT2D eigenvalue weighted by atomic mass is 32.1. The summed E-state index contributed by atoms with van der Waals surface area (Å²) in [5.41, 5.74) is -0.749. The molecule has 1 saturated heterocycles. The van der Waals surface area contributed by atoms with Crippen molar-refractivity contribution in [3.63, 3.8) is 0 Å². The van der Waals surface area contributed by atoms with Crippen LogP contribution in [-0.2, 0) is 17.4 Å². The minimum Gasteiger partial charge on any atom is -0.353 e. The smallest absolute Gasteiger partial charge is 0.353 e. The number of rotatable bonds is 5. The standard InChI is InChI=1S/C18H20F3N3OS/c19-18(20,21)14-6-7-16(22-13-14)23-8-10-24(11-9-23)17(25)5-1-3-15-4-2-12-26-15/h2,4,6-7,12-13H,1,3,5,8-11H2. The fraction of sp³-hybridized carbons (Fsp3) is 0.444. The molecule has 26 heavy (non-hydrogen) atoms. The summed E-state index contributed by atoms with van der Waals surface area (Å²) in [6.45, 7) is 2.30. The van der Waals surface area contributed by atoms with Gasteiger partial charge in [-0.3, -0.25) is 4.79 Å². The first-order valence-electron chi connectivity index (χ1n) is 8.52. The van der Waals surface area contributed by atoms with E-state index in [-0.39, 0.29) is 5.91 Å². The number of piperazine rings is 1. The first-order chi connectivity index (χ1) is 12.4. The van der Waals surface area contributed by atoms with Crippen LogP contribution in [0.1, 0.15) is 23.3 Å². The van der Waals surface area contributed by atoms with Crippen molar-refractivity contribution in [3.8, 4) is 0 Å². The largest absolute Gasteiger partial charge is 0.417 e. The number of carbonyl (C=O) groups is 1. The average Bonchev–Trinajstić information content (AvgIpc) is 3.15. The molecule has 1 aliphatic rings. The summed E-state index contributed by atoms with van der Waals surface area (Å²) in [6, 6.07) is 6.52. The number of carbonyl (C=O) groups excluding carboxylic acids is 1. The molecule has 3 heterocycles. The first kappa shape index (κ1) is 18.7. The number of alkyl halides is 3. The number of hydrogen-bond donors (Lipinski definition) is 0. The van der Waals surface area contributed by atoms with Gasteiger partial charge in [0, 0.05) is 43.7 Å². The van der Waals surface area contributed by atoms with Crippen LogP contribution in [0.5, 0.6) is 0 Å². The molecule has 0 unspecified atom stereocenters. The van der Waals surface area contributed by atoms with Crippen molar-refractivity contribution in [2.45, 2.75) is 25.4 Å². The molecule has 1 aliphatic heterocycles. The van der Waals surface area contributed by atoms with Gasteiger partial charge in [-0.1, -0.05) is 6.07 Å². The molecule has 2 aromatic rings. The Labute approximate surface area is 154 Å². The Kier molecular flexibility index (Phi) is 5.80. The average molecular weight is 383 g/mol. The third-order valence-electron chi connectivity index (χ3n) is 4.43. The van der Waals surface area contributed by atoms with Crippen LogP contribution in [0.4, 0.5) is 19.0 Å². The third-order valence-corrected chi connectivity index (χ3v) is 5.36. The quantitative estimate of drug-likeness (QED) is 0.787. The number of halogens is 3. The molecule has 0 radical (unpaired) electrons. The van der Waals surface area contributed by atoms with E-state index in [0.29, 0.717) is 38.4 Å². The molecular formula is C18H20F3N3OS. The van der Waals surface area contributed by atoms with Crippen LogP contribution in [0, 0.1) is 0 Å². The molecule has 0 spiro atoms. The lowest BCUT2D eigenvalue weighted by Gasteiger charge is -2.35. The first-order valence-corrected chi connectivity index (χ1v) is 9.40. The minimum atomic E-state index is -4.38. The number of aromatic nitrogens is 1. The van der Waals surface area contributed by atoms with Crippen molar-refractivity contribution in [3.05, 3.63) is 46.3 Å². The van der Waals surface area contributed by atoms with E-state index in [1.54, 1.807) is 11.3 Å². The predicted molar refractivity (Wildman–Crippen MR) is 95.3 cm³/mol. The molecule has 0 bridgehead atoms. The van der Waals surface area contributed by atoms with Gasteiger partial charge in [-0.2, -0.15) is 13.2 Å². The fourth-order valence-corrected chi connectivity index (χ4v) is 3.70. The zero-order valence-electron chi connectivity index (χ0n) is 14.2. The van der Waals surface area contributed by atoms with Gasteiger partial charge in [-0.15, -0.1) is 11.3 Å². The Hall–Kier alpha value is -2.09. The van der Waals surface area contributed by atoms with E-state index in [1.165, 1.54) is 10.9 Å². The van der Waals surface area contributed by atoms with E-state index >= 15 is 0 Å². The fourth-order valence-electron chi connectivity index (χ4n) is 2.95. The van der Waals surface area contributed by atoms with E-state index in [9.17, 15) is 18.0 Å². The van der Waals surface area contributed by atoms with Crippen LogP contribution in [0.2, 0.25) is 0 Å². The van der Waals surface area contributed by atoms with E-state index < -0.39 is 11.7 Å². The Balaban J connectivity index is 1.45. The molecule has 0 aromatic carbocycles. The summed E-state index contributed by atoms with van der Waals surface area (Å²) in [4.78, 5) is 21.2. The van der Waals surface area contributed by atoms with Crippen molar-refractivity contribution >= 4 is 23.1 Å². The van der Waals surface area contributed by atoms with Crippen LogP contribution in [0.25, 0.3) is 0 Å². The Morgan fingerprint density at radius 1 is 1.15 bits per heavy atom. The summed E-state index contributed by atoms with van der Waals surface area (Å²) in [5.74, 6) is 0.657. The molecule has 3 rings (SSSR count). The molecule has 1 amide bonds. The normalized spacial score (nSPS) is 15.3. The van der Waals surface area contributed by atoms with Crippen LogP contribution < -0.4 is 4.90 Å². The second-order valence-electron chi connectivity index (χ2n) is 6.20. The summed E-state index contributed by atoms with van der Waals surface area (Å²) >= 11 is 1.70. The summed E-state index contributed by atoms with van der Waals surface area (Å²) < 4.78 is 37.8. The van der Waals surface area contributed by atoms with Gasteiger partial charge in [-0.25, -0.2) is 4.98 Å². The molecule has 0 atom stereocenters. The highest BCUT2D eigenvalue weighted by molar-refractivity contribution is 7.09. The van der Waals surface area contributed by atoms with Gasteiger partial charge in [0.1, 0.15) is 5.82 Å². The monoisotopic (exact) mass is 383 g/mol. The lowest BCUT2D eigenvalue weighted by Crippen LogP contribution is -2.49. The van der Waals surface area contributed by atoms with Crippen molar-refractivity contribution in [1.82, 2.24) is 9.88 Å². The molecule has 2 aromatic heterocycles. The van der Waals surface area contributed by atoms with Gasteiger partial charge in [0.15, 0.2) is 0 Å². The molecular weight excluding hydrogens is 363 g/mol. The molecule has 0 aliphatic carbocycles. The van der Waals surface area contributed by atoms with E-state index in [1.807, 2.05) is 21.2 Å². The number of pyridine rings is 1. The summed E-state index contributed by atoms with van der Waals surface area (Å²) in [7, 11) is 0. The lowest BCUT2D eigenvalue weighted by molar-refractivity contribution is -0.137. The Bertz CT molecular complexity index is 708. The highest BCUT2D eigenvalue weighted by Gasteiger charge is 2.31. The molecule has 0 N–H and O–H groups in total. The van der Waals surface area contributed by atoms with Crippen molar-refractivity contribution in [2.24, 2.45) is 0 Å². The molecule has 140 valence electrons. The minimum absolute atomic E-state index is 0.140. The Morgan fingerprint density at radius 3 is 2.50 bits per heavy atom. The van der Waals surface area contributed by atoms with Crippen LogP contribution in [-0.4, -0.2) is 42.0 Å². The zero-order valence-corrected chi connectivity index (χ0v) is 15.0. The van der Waals surface area contributed by atoms with Gasteiger partial charge >= 0.3 is 6.18 Å². The van der Waals surface area contributed by atoms with Crippen LogP contribution in [0.3, 0.4) is 0 Å². The number of nitrogens with zero attached hydrogens (tertiary/aromatic N) is 3. The van der Waals surface area contributed by atoms with Gasteiger partial charge < -0.3 is 9.80 Å². The summed E-state index contributed by atoms with van der Waals surface area (Å²) in [6.07, 6.45) is -1.24. The van der Waals surface area contributed by atoms with Gasteiger partial charge in [0.25, 0.3) is 0 Å². The SMILES string of the molecule is O=C(CCCc1cccs1)N1CCN(c2ccc(C(F)(F)F)cn2)CC1.